The van der Waals surface area contributed by atoms with Crippen LogP contribution in [0.15, 0.2) is 22.7 Å². The standard InChI is InChI=1S/C13H15BrN2O4/c14-12-10(5-3-6-11(12)16(18)19)13(17)15-8-9-4-1-2-7-20-9/h3,5-6,9H,1-2,4,7-8H2,(H,15,17). The second-order valence-corrected chi connectivity index (χ2v) is 5.39. The molecule has 1 amide bonds. The highest BCUT2D eigenvalue weighted by molar-refractivity contribution is 9.10. The monoisotopic (exact) mass is 342 g/mol. The van der Waals surface area contributed by atoms with E-state index in [2.05, 4.69) is 21.2 Å². The van der Waals surface area contributed by atoms with E-state index < -0.39 is 4.92 Å². The Balaban J connectivity index is 2.01. The van der Waals surface area contributed by atoms with Crippen LogP contribution in [0, 0.1) is 10.1 Å². The van der Waals surface area contributed by atoms with Crippen molar-refractivity contribution in [2.75, 3.05) is 13.2 Å². The third kappa shape index (κ3) is 3.55. The van der Waals surface area contributed by atoms with E-state index in [9.17, 15) is 14.9 Å². The number of nitrogens with one attached hydrogen (secondary N) is 1. The highest BCUT2D eigenvalue weighted by Crippen LogP contribution is 2.28. The van der Waals surface area contributed by atoms with Gasteiger partial charge in [-0.3, -0.25) is 14.9 Å². The minimum atomic E-state index is -0.523. The molecule has 1 unspecified atom stereocenters. The lowest BCUT2D eigenvalue weighted by Gasteiger charge is -2.22. The molecule has 6 nitrogen and oxygen atoms in total. The van der Waals surface area contributed by atoms with Crippen molar-refractivity contribution < 1.29 is 14.5 Å². The van der Waals surface area contributed by atoms with Crippen LogP contribution in [0.3, 0.4) is 0 Å². The lowest BCUT2D eigenvalue weighted by Crippen LogP contribution is -2.35. The van der Waals surface area contributed by atoms with Gasteiger partial charge in [0.05, 0.1) is 16.6 Å². The molecule has 1 heterocycles. The molecule has 1 aliphatic rings. The van der Waals surface area contributed by atoms with Crippen molar-refractivity contribution in [3.8, 4) is 0 Å². The molecular weight excluding hydrogens is 328 g/mol. The van der Waals surface area contributed by atoms with Gasteiger partial charge in [0.15, 0.2) is 0 Å². The van der Waals surface area contributed by atoms with Gasteiger partial charge in [-0.25, -0.2) is 0 Å². The van der Waals surface area contributed by atoms with Crippen molar-refractivity contribution in [1.29, 1.82) is 0 Å². The number of rotatable bonds is 4. The van der Waals surface area contributed by atoms with Gasteiger partial charge in [-0.2, -0.15) is 0 Å². The zero-order valence-electron chi connectivity index (χ0n) is 10.8. The van der Waals surface area contributed by atoms with E-state index in [4.69, 9.17) is 4.74 Å². The van der Waals surface area contributed by atoms with Crippen LogP contribution in [0.25, 0.3) is 0 Å². The van der Waals surface area contributed by atoms with Gasteiger partial charge in [0.1, 0.15) is 4.47 Å². The first kappa shape index (κ1) is 14.9. The summed E-state index contributed by atoms with van der Waals surface area (Å²) >= 11 is 3.11. The number of amides is 1. The number of benzene rings is 1. The Hall–Kier alpha value is -1.47. The molecule has 0 aliphatic carbocycles. The van der Waals surface area contributed by atoms with Crippen LogP contribution >= 0.6 is 15.9 Å². The second kappa shape index (κ2) is 6.81. The predicted molar refractivity (Wildman–Crippen MR) is 76.7 cm³/mol. The molecule has 0 bridgehead atoms. The highest BCUT2D eigenvalue weighted by atomic mass is 79.9. The molecule has 108 valence electrons. The zero-order chi connectivity index (χ0) is 14.5. The summed E-state index contributed by atoms with van der Waals surface area (Å²) in [7, 11) is 0. The number of halogens is 1. The van der Waals surface area contributed by atoms with E-state index in [0.717, 1.165) is 25.9 Å². The van der Waals surface area contributed by atoms with E-state index >= 15 is 0 Å². The zero-order valence-corrected chi connectivity index (χ0v) is 12.4. The highest BCUT2D eigenvalue weighted by Gasteiger charge is 2.20. The summed E-state index contributed by atoms with van der Waals surface area (Å²) in [5, 5.41) is 13.6. The average molecular weight is 343 g/mol. The number of nitrogens with zero attached hydrogens (tertiary/aromatic N) is 1. The Morgan fingerprint density at radius 2 is 2.30 bits per heavy atom. The first-order valence-corrected chi connectivity index (χ1v) is 7.21. The largest absolute Gasteiger partial charge is 0.376 e. The van der Waals surface area contributed by atoms with Crippen LogP contribution in [0.1, 0.15) is 29.6 Å². The number of hydrogen-bond acceptors (Lipinski definition) is 4. The molecule has 1 fully saturated rings. The van der Waals surface area contributed by atoms with Crippen LogP contribution in [0.5, 0.6) is 0 Å². The van der Waals surface area contributed by atoms with E-state index in [1.54, 1.807) is 6.07 Å². The number of nitro benzene ring substituents is 1. The summed E-state index contributed by atoms with van der Waals surface area (Å²) in [6.45, 7) is 1.15. The summed E-state index contributed by atoms with van der Waals surface area (Å²) in [5.41, 5.74) is 0.140. The molecule has 0 saturated carbocycles. The first-order chi connectivity index (χ1) is 9.59. The number of carbonyl (C=O) groups is 1. The van der Waals surface area contributed by atoms with E-state index in [0.29, 0.717) is 6.54 Å². The van der Waals surface area contributed by atoms with Gasteiger partial charge in [0, 0.05) is 19.2 Å². The van der Waals surface area contributed by atoms with E-state index in [1.165, 1.54) is 12.1 Å². The third-order valence-electron chi connectivity index (χ3n) is 3.18. The molecule has 2 rings (SSSR count). The number of ether oxygens (including phenoxy) is 1. The summed E-state index contributed by atoms with van der Waals surface area (Å²) in [6, 6.07) is 4.40. The lowest BCUT2D eigenvalue weighted by atomic mass is 10.1. The van der Waals surface area contributed by atoms with Gasteiger partial charge in [-0.05, 0) is 41.3 Å². The second-order valence-electron chi connectivity index (χ2n) is 4.59. The van der Waals surface area contributed by atoms with E-state index in [-0.39, 0.29) is 27.7 Å². The third-order valence-corrected chi connectivity index (χ3v) is 4.02. The fourth-order valence-electron chi connectivity index (χ4n) is 2.11. The molecule has 0 aromatic heterocycles. The van der Waals surface area contributed by atoms with Crippen LogP contribution in [0.4, 0.5) is 5.69 Å². The molecule has 1 aromatic rings. The SMILES string of the molecule is O=C(NCC1CCCCO1)c1cccc([N+](=O)[O-])c1Br. The minimum Gasteiger partial charge on any atom is -0.376 e. The van der Waals surface area contributed by atoms with Gasteiger partial charge in [-0.1, -0.05) is 6.07 Å². The normalized spacial score (nSPS) is 18.6. The fourth-order valence-corrected chi connectivity index (χ4v) is 2.70. The van der Waals surface area contributed by atoms with Gasteiger partial charge >= 0.3 is 0 Å². The minimum absolute atomic E-state index is 0.0326. The van der Waals surface area contributed by atoms with Crippen molar-refractivity contribution in [1.82, 2.24) is 5.32 Å². The molecule has 1 aliphatic heterocycles. The van der Waals surface area contributed by atoms with Crippen LogP contribution in [-0.2, 0) is 4.74 Å². The topological polar surface area (TPSA) is 81.5 Å². The maximum Gasteiger partial charge on any atom is 0.284 e. The Bertz CT molecular complexity index is 515. The van der Waals surface area contributed by atoms with Crippen LogP contribution in [0.2, 0.25) is 0 Å². The lowest BCUT2D eigenvalue weighted by molar-refractivity contribution is -0.385. The Morgan fingerprint density at radius 1 is 1.50 bits per heavy atom. The smallest absolute Gasteiger partial charge is 0.284 e. The van der Waals surface area contributed by atoms with Gasteiger partial charge in [-0.15, -0.1) is 0 Å². The summed E-state index contributed by atoms with van der Waals surface area (Å²) in [4.78, 5) is 22.4. The predicted octanol–water partition coefficient (Wildman–Crippen LogP) is 2.66. The maximum atomic E-state index is 12.1. The quantitative estimate of drug-likeness (QED) is 0.673. The molecule has 20 heavy (non-hydrogen) atoms. The molecule has 7 heteroatoms. The number of hydrogen-bond donors (Lipinski definition) is 1. The van der Waals surface area contributed by atoms with Crippen molar-refractivity contribution >= 4 is 27.5 Å². The first-order valence-electron chi connectivity index (χ1n) is 6.42. The number of carbonyl (C=O) groups excluding carboxylic acids is 1. The van der Waals surface area contributed by atoms with Crippen molar-refractivity contribution in [2.45, 2.75) is 25.4 Å². The van der Waals surface area contributed by atoms with Crippen LogP contribution < -0.4 is 5.32 Å². The molecule has 0 spiro atoms. The van der Waals surface area contributed by atoms with Gasteiger partial charge in [0.2, 0.25) is 0 Å². The van der Waals surface area contributed by atoms with Crippen LogP contribution in [-0.4, -0.2) is 30.1 Å². The van der Waals surface area contributed by atoms with E-state index in [1.807, 2.05) is 0 Å². The van der Waals surface area contributed by atoms with Crippen molar-refractivity contribution in [3.05, 3.63) is 38.3 Å². The Labute approximate surface area is 124 Å². The Kier molecular flexibility index (Phi) is 5.08. The number of nitro groups is 1. The van der Waals surface area contributed by atoms with Crippen molar-refractivity contribution in [3.63, 3.8) is 0 Å². The summed E-state index contributed by atoms with van der Waals surface area (Å²) in [5.74, 6) is -0.338. The molecule has 1 atom stereocenters. The fraction of sp³-hybridized carbons (Fsp3) is 0.462. The molecule has 1 saturated heterocycles. The molecule has 1 N–H and O–H groups in total. The molecule has 0 radical (unpaired) electrons. The summed E-state index contributed by atoms with van der Waals surface area (Å²) in [6.07, 6.45) is 3.11. The van der Waals surface area contributed by atoms with Crippen molar-refractivity contribution in [2.24, 2.45) is 0 Å². The van der Waals surface area contributed by atoms with Gasteiger partial charge in [0.25, 0.3) is 11.6 Å². The average Bonchev–Trinajstić information content (AvgIpc) is 2.46. The Morgan fingerprint density at radius 3 is 2.95 bits per heavy atom. The molecular formula is C13H15BrN2O4. The summed E-state index contributed by atoms with van der Waals surface area (Å²) < 4.78 is 5.72. The molecule has 1 aromatic carbocycles. The van der Waals surface area contributed by atoms with Gasteiger partial charge < -0.3 is 10.1 Å². The maximum absolute atomic E-state index is 12.1.